The molecule has 5 heteroatoms. The predicted octanol–water partition coefficient (Wildman–Crippen LogP) is 0.0285. The first-order valence-electron chi connectivity index (χ1n) is 6.43. The van der Waals surface area contributed by atoms with Gasteiger partial charge in [0.15, 0.2) is 0 Å². The molecule has 0 spiro atoms. The molecule has 1 aliphatic carbocycles. The van der Waals surface area contributed by atoms with Gasteiger partial charge < -0.3 is 15.3 Å². The summed E-state index contributed by atoms with van der Waals surface area (Å²) in [6.45, 7) is 0.708. The number of carbonyl (C=O) groups excluding carboxylic acids is 2. The fraction of sp³-hybridized carbons (Fsp3) is 0.833. The minimum absolute atomic E-state index is 0.0286. The molecule has 2 N–H and O–H groups in total. The van der Waals surface area contributed by atoms with E-state index < -0.39 is 0 Å². The highest BCUT2D eigenvalue weighted by molar-refractivity contribution is 5.91. The molecule has 0 bridgehead atoms. The average Bonchev–Trinajstić information content (AvgIpc) is 2.67. The van der Waals surface area contributed by atoms with Gasteiger partial charge in [0, 0.05) is 25.6 Å². The van der Waals surface area contributed by atoms with Gasteiger partial charge in [-0.3, -0.25) is 9.59 Å². The highest BCUT2D eigenvalue weighted by Crippen LogP contribution is 2.26. The zero-order valence-corrected chi connectivity index (χ0v) is 10.0. The normalized spacial score (nSPS) is 24.3. The van der Waals surface area contributed by atoms with Crippen molar-refractivity contribution in [2.75, 3.05) is 13.2 Å². The predicted molar refractivity (Wildman–Crippen MR) is 62.2 cm³/mol. The van der Waals surface area contributed by atoms with Crippen LogP contribution in [0, 0.1) is 0 Å². The Kier molecular flexibility index (Phi) is 3.99. The molecule has 0 unspecified atom stereocenters. The molecule has 2 fully saturated rings. The van der Waals surface area contributed by atoms with Gasteiger partial charge in [-0.1, -0.05) is 0 Å². The van der Waals surface area contributed by atoms with Gasteiger partial charge in [-0.25, -0.2) is 0 Å². The third-order valence-corrected chi connectivity index (χ3v) is 3.65. The Morgan fingerprint density at radius 1 is 1.41 bits per heavy atom. The maximum absolute atomic E-state index is 12.3. The number of nitrogens with zero attached hydrogens (tertiary/aromatic N) is 1. The van der Waals surface area contributed by atoms with Crippen molar-refractivity contribution < 1.29 is 14.7 Å². The molecular weight excluding hydrogens is 220 g/mol. The molecule has 1 saturated heterocycles. The largest absolute Gasteiger partial charge is 0.396 e. The molecule has 17 heavy (non-hydrogen) atoms. The average molecular weight is 240 g/mol. The topological polar surface area (TPSA) is 69.6 Å². The number of aliphatic hydroxyl groups is 1. The minimum Gasteiger partial charge on any atom is -0.396 e. The van der Waals surface area contributed by atoms with Crippen LogP contribution in [-0.2, 0) is 9.59 Å². The molecule has 96 valence electrons. The molecule has 0 radical (unpaired) electrons. The maximum Gasteiger partial charge on any atom is 0.245 e. The highest BCUT2D eigenvalue weighted by atomic mass is 16.3. The van der Waals surface area contributed by atoms with Crippen LogP contribution in [0.5, 0.6) is 0 Å². The second-order valence-electron chi connectivity index (χ2n) is 4.85. The Morgan fingerprint density at radius 3 is 2.65 bits per heavy atom. The number of aliphatic hydroxyl groups excluding tert-OH is 1. The molecule has 2 aliphatic rings. The standard InChI is InChI=1S/C12H20N2O3/c15-8-2-7-14(9-3-1-4-9)12(17)10-5-6-11(16)13-10/h9-10,15H,1-8H2,(H,13,16)/t10-/m0/s1. The first kappa shape index (κ1) is 12.4. The van der Waals surface area contributed by atoms with Gasteiger partial charge in [0.2, 0.25) is 11.8 Å². The summed E-state index contributed by atoms with van der Waals surface area (Å²) >= 11 is 0. The fourth-order valence-electron chi connectivity index (χ4n) is 2.41. The van der Waals surface area contributed by atoms with Crippen molar-refractivity contribution in [3.05, 3.63) is 0 Å². The molecule has 5 nitrogen and oxygen atoms in total. The zero-order chi connectivity index (χ0) is 12.3. The van der Waals surface area contributed by atoms with Crippen LogP contribution in [0.25, 0.3) is 0 Å². The first-order valence-corrected chi connectivity index (χ1v) is 6.43. The van der Waals surface area contributed by atoms with Crippen molar-refractivity contribution in [1.82, 2.24) is 10.2 Å². The monoisotopic (exact) mass is 240 g/mol. The zero-order valence-electron chi connectivity index (χ0n) is 10.0. The molecule has 0 aromatic carbocycles. The minimum atomic E-state index is -0.332. The Labute approximate surface area is 101 Å². The van der Waals surface area contributed by atoms with Crippen molar-refractivity contribution in [3.8, 4) is 0 Å². The van der Waals surface area contributed by atoms with E-state index >= 15 is 0 Å². The van der Waals surface area contributed by atoms with Crippen LogP contribution in [0.2, 0.25) is 0 Å². The van der Waals surface area contributed by atoms with Crippen LogP contribution in [0.1, 0.15) is 38.5 Å². The maximum atomic E-state index is 12.3. The van der Waals surface area contributed by atoms with E-state index in [2.05, 4.69) is 5.32 Å². The summed E-state index contributed by atoms with van der Waals surface area (Å²) in [7, 11) is 0. The number of hydrogen-bond donors (Lipinski definition) is 2. The van der Waals surface area contributed by atoms with Crippen LogP contribution in [-0.4, -0.2) is 47.1 Å². The van der Waals surface area contributed by atoms with E-state index in [-0.39, 0.29) is 24.5 Å². The number of hydrogen-bond acceptors (Lipinski definition) is 3. The van der Waals surface area contributed by atoms with Gasteiger partial charge in [0.25, 0.3) is 0 Å². The lowest BCUT2D eigenvalue weighted by Gasteiger charge is -2.38. The molecule has 1 saturated carbocycles. The number of carbonyl (C=O) groups is 2. The van der Waals surface area contributed by atoms with E-state index in [1.165, 1.54) is 6.42 Å². The molecular formula is C12H20N2O3. The summed E-state index contributed by atoms with van der Waals surface area (Å²) in [6, 6.07) is -0.00616. The molecule has 1 aliphatic heterocycles. The van der Waals surface area contributed by atoms with Crippen LogP contribution >= 0.6 is 0 Å². The third kappa shape index (κ3) is 2.77. The van der Waals surface area contributed by atoms with Gasteiger partial charge in [-0.05, 0) is 32.1 Å². The highest BCUT2D eigenvalue weighted by Gasteiger charge is 2.35. The van der Waals surface area contributed by atoms with Gasteiger partial charge in [0.1, 0.15) is 6.04 Å². The summed E-state index contributed by atoms with van der Waals surface area (Å²) in [5.41, 5.74) is 0. The molecule has 1 atom stereocenters. The van der Waals surface area contributed by atoms with E-state index in [4.69, 9.17) is 5.11 Å². The summed E-state index contributed by atoms with van der Waals surface area (Å²) in [4.78, 5) is 25.2. The van der Waals surface area contributed by atoms with Crippen molar-refractivity contribution in [3.63, 3.8) is 0 Å². The van der Waals surface area contributed by atoms with E-state index in [0.717, 1.165) is 12.8 Å². The lowest BCUT2D eigenvalue weighted by atomic mass is 9.90. The first-order chi connectivity index (χ1) is 8.22. The number of nitrogens with one attached hydrogen (secondary N) is 1. The smallest absolute Gasteiger partial charge is 0.245 e. The number of amides is 2. The van der Waals surface area contributed by atoms with Crippen LogP contribution < -0.4 is 5.32 Å². The summed E-state index contributed by atoms with van der Waals surface area (Å²) in [6.07, 6.45) is 4.96. The molecule has 2 rings (SSSR count). The second kappa shape index (κ2) is 5.49. The van der Waals surface area contributed by atoms with E-state index in [0.29, 0.717) is 31.8 Å². The van der Waals surface area contributed by atoms with E-state index in [9.17, 15) is 9.59 Å². The Hall–Kier alpha value is -1.10. The summed E-state index contributed by atoms with van der Waals surface area (Å²) < 4.78 is 0. The van der Waals surface area contributed by atoms with E-state index in [1.807, 2.05) is 4.90 Å². The van der Waals surface area contributed by atoms with Crippen LogP contribution in [0.3, 0.4) is 0 Å². The Morgan fingerprint density at radius 2 is 2.18 bits per heavy atom. The van der Waals surface area contributed by atoms with Gasteiger partial charge in [0.05, 0.1) is 0 Å². The third-order valence-electron chi connectivity index (χ3n) is 3.65. The molecule has 0 aromatic rings. The lowest BCUT2D eigenvalue weighted by molar-refractivity contribution is -0.138. The van der Waals surface area contributed by atoms with Crippen molar-refractivity contribution >= 4 is 11.8 Å². The van der Waals surface area contributed by atoms with Crippen molar-refractivity contribution in [1.29, 1.82) is 0 Å². The fourth-order valence-corrected chi connectivity index (χ4v) is 2.41. The SMILES string of the molecule is O=C1CC[C@@H](C(=O)N(CCCO)C2CCC2)N1. The molecule has 2 amide bonds. The van der Waals surface area contributed by atoms with Gasteiger partial charge >= 0.3 is 0 Å². The van der Waals surface area contributed by atoms with E-state index in [1.54, 1.807) is 0 Å². The van der Waals surface area contributed by atoms with Crippen molar-refractivity contribution in [2.45, 2.75) is 50.6 Å². The molecule has 1 heterocycles. The lowest BCUT2D eigenvalue weighted by Crippen LogP contribution is -2.51. The second-order valence-corrected chi connectivity index (χ2v) is 4.85. The van der Waals surface area contributed by atoms with Crippen LogP contribution in [0.15, 0.2) is 0 Å². The van der Waals surface area contributed by atoms with Crippen molar-refractivity contribution in [2.24, 2.45) is 0 Å². The Bertz CT molecular complexity index is 302. The Balaban J connectivity index is 1.93. The summed E-state index contributed by atoms with van der Waals surface area (Å²) in [5, 5.41) is 11.6. The van der Waals surface area contributed by atoms with Gasteiger partial charge in [-0.2, -0.15) is 0 Å². The number of rotatable bonds is 5. The van der Waals surface area contributed by atoms with Crippen LogP contribution in [0.4, 0.5) is 0 Å². The van der Waals surface area contributed by atoms with Gasteiger partial charge in [-0.15, -0.1) is 0 Å². The summed E-state index contributed by atoms with van der Waals surface area (Å²) in [5.74, 6) is 0.00747. The molecule has 0 aromatic heterocycles. The quantitative estimate of drug-likeness (QED) is 0.712.